The molecule has 4 heterocycles. The van der Waals surface area contributed by atoms with Crippen molar-refractivity contribution in [1.29, 1.82) is 0 Å². The Morgan fingerprint density at radius 3 is 2.33 bits per heavy atom. The van der Waals surface area contributed by atoms with Gasteiger partial charge in [0.25, 0.3) is 5.91 Å². The third-order valence-corrected chi connectivity index (χ3v) is 9.00. The van der Waals surface area contributed by atoms with E-state index in [-0.39, 0.29) is 30.3 Å². The van der Waals surface area contributed by atoms with Gasteiger partial charge in [0.05, 0.1) is 25.8 Å². The summed E-state index contributed by atoms with van der Waals surface area (Å²) in [5, 5.41) is 16.8. The summed E-state index contributed by atoms with van der Waals surface area (Å²) in [4.78, 5) is 48.3. The van der Waals surface area contributed by atoms with Gasteiger partial charge in [-0.2, -0.15) is 0 Å². The molecule has 40 heavy (non-hydrogen) atoms. The number of hydroxylamine groups is 3. The largest absolute Gasteiger partial charge is 0.624 e. The lowest BCUT2D eigenvalue weighted by molar-refractivity contribution is -0.815. The molecule has 4 fully saturated rings. The summed E-state index contributed by atoms with van der Waals surface area (Å²) < 4.78 is 4.45. The Morgan fingerprint density at radius 1 is 1.00 bits per heavy atom. The summed E-state index contributed by atoms with van der Waals surface area (Å²) in [6, 6.07) is 5.75. The SMILES string of the molecule is CC(C)CC(NC(=O)c1ccc(N2CCN(C)CC2)cc1)C(=O)N1CCC2C1CC[N+]2([O-])C(=O)N1CCOCC1. The maximum atomic E-state index is 13.8. The summed E-state index contributed by atoms with van der Waals surface area (Å²) in [7, 11) is 2.12. The first-order chi connectivity index (χ1) is 19.2. The Bertz CT molecular complexity index is 1070. The number of ether oxygens (including phenoxy) is 1. The number of benzene rings is 1. The maximum Gasteiger partial charge on any atom is 0.419 e. The molecule has 11 nitrogen and oxygen atoms in total. The van der Waals surface area contributed by atoms with Gasteiger partial charge < -0.3 is 30.0 Å². The number of morpholine rings is 1. The highest BCUT2D eigenvalue weighted by Gasteiger charge is 2.56. The second-order valence-electron chi connectivity index (χ2n) is 12.1. The Balaban J connectivity index is 1.24. The number of quaternary nitrogens is 1. The first kappa shape index (κ1) is 28.8. The average Bonchev–Trinajstić information content (AvgIpc) is 3.54. The smallest absolute Gasteiger partial charge is 0.419 e. The van der Waals surface area contributed by atoms with E-state index < -0.39 is 22.8 Å². The molecule has 0 aromatic heterocycles. The first-order valence-electron chi connectivity index (χ1n) is 14.8. The highest BCUT2D eigenvalue weighted by Crippen LogP contribution is 2.38. The van der Waals surface area contributed by atoms with E-state index in [4.69, 9.17) is 4.74 Å². The van der Waals surface area contributed by atoms with Crippen molar-refractivity contribution in [1.82, 2.24) is 20.0 Å². The van der Waals surface area contributed by atoms with Crippen molar-refractivity contribution < 1.29 is 23.8 Å². The van der Waals surface area contributed by atoms with Gasteiger partial charge in [0.15, 0.2) is 0 Å². The quantitative estimate of drug-likeness (QED) is 0.420. The fraction of sp³-hybridized carbons (Fsp3) is 0.690. The zero-order chi connectivity index (χ0) is 28.4. The number of amides is 4. The molecule has 4 aliphatic rings. The van der Waals surface area contributed by atoms with E-state index in [1.54, 1.807) is 9.80 Å². The van der Waals surface area contributed by atoms with Crippen LogP contribution in [0.2, 0.25) is 0 Å². The van der Waals surface area contributed by atoms with E-state index in [0.29, 0.717) is 57.7 Å². The fourth-order valence-corrected chi connectivity index (χ4v) is 6.69. The minimum Gasteiger partial charge on any atom is -0.624 e. The second-order valence-corrected chi connectivity index (χ2v) is 12.1. The third kappa shape index (κ3) is 5.83. The van der Waals surface area contributed by atoms with Crippen LogP contribution in [0.4, 0.5) is 10.5 Å². The molecule has 0 saturated carbocycles. The summed E-state index contributed by atoms with van der Waals surface area (Å²) in [5.74, 6) is -0.244. The third-order valence-electron chi connectivity index (χ3n) is 9.00. The molecule has 220 valence electrons. The number of anilines is 1. The standard InChI is InChI=1S/C29H44N6O5/c1-21(2)20-24(30-27(36)22-4-6-23(7-5-22)32-13-11-31(3)12-14-32)28(37)34-10-8-26-25(34)9-17-35(26,39)29(38)33-15-18-40-19-16-33/h4-7,21,24-26H,8-20H2,1-3H3,(H,30,36). The number of hydrogen-bond acceptors (Lipinski definition) is 7. The molecule has 0 aliphatic carbocycles. The number of fused-ring (bicyclic) bond motifs is 1. The van der Waals surface area contributed by atoms with E-state index >= 15 is 0 Å². The molecule has 0 spiro atoms. The van der Waals surface area contributed by atoms with Gasteiger partial charge in [-0.25, -0.2) is 4.79 Å². The number of urea groups is 1. The molecule has 1 aromatic carbocycles. The summed E-state index contributed by atoms with van der Waals surface area (Å²) >= 11 is 0. The van der Waals surface area contributed by atoms with E-state index in [1.807, 2.05) is 38.1 Å². The van der Waals surface area contributed by atoms with Crippen LogP contribution in [0.15, 0.2) is 24.3 Å². The molecule has 4 aliphatic heterocycles. The number of carbonyl (C=O) groups excluding carboxylic acids is 3. The molecule has 0 radical (unpaired) electrons. The first-order valence-corrected chi connectivity index (χ1v) is 14.8. The molecule has 4 saturated heterocycles. The zero-order valence-corrected chi connectivity index (χ0v) is 24.1. The Morgan fingerprint density at radius 2 is 1.68 bits per heavy atom. The fourth-order valence-electron chi connectivity index (χ4n) is 6.69. The van der Waals surface area contributed by atoms with Gasteiger partial charge in [-0.1, -0.05) is 13.8 Å². The number of hydrogen-bond donors (Lipinski definition) is 1. The maximum absolute atomic E-state index is 13.8. The summed E-state index contributed by atoms with van der Waals surface area (Å²) in [6.07, 6.45) is 1.49. The van der Waals surface area contributed by atoms with Gasteiger partial charge in [0, 0.05) is 69.9 Å². The predicted molar refractivity (Wildman–Crippen MR) is 152 cm³/mol. The van der Waals surface area contributed by atoms with Gasteiger partial charge >= 0.3 is 6.03 Å². The van der Waals surface area contributed by atoms with Gasteiger partial charge in [0.1, 0.15) is 12.1 Å². The van der Waals surface area contributed by atoms with Crippen molar-refractivity contribution in [2.75, 3.05) is 77.5 Å². The van der Waals surface area contributed by atoms with Crippen molar-refractivity contribution in [2.24, 2.45) is 5.92 Å². The lowest BCUT2D eigenvalue weighted by atomic mass is 10.0. The van der Waals surface area contributed by atoms with Crippen LogP contribution in [0, 0.1) is 11.1 Å². The molecule has 1 N–H and O–H groups in total. The Hall–Kier alpha value is -2.73. The van der Waals surface area contributed by atoms with E-state index in [2.05, 4.69) is 22.2 Å². The van der Waals surface area contributed by atoms with Crippen LogP contribution in [0.3, 0.4) is 0 Å². The van der Waals surface area contributed by atoms with Crippen molar-refractivity contribution in [3.63, 3.8) is 0 Å². The molecule has 1 aromatic rings. The minimum absolute atomic E-state index is 0.157. The normalized spacial score (nSPS) is 28.1. The van der Waals surface area contributed by atoms with Gasteiger partial charge in [-0.15, -0.1) is 0 Å². The number of likely N-dealkylation sites (tertiary alicyclic amines) is 2. The minimum atomic E-state index is -0.894. The monoisotopic (exact) mass is 556 g/mol. The van der Waals surface area contributed by atoms with E-state index in [9.17, 15) is 19.6 Å². The molecule has 4 atom stereocenters. The Labute approximate surface area is 237 Å². The van der Waals surface area contributed by atoms with Crippen molar-refractivity contribution >= 4 is 23.5 Å². The summed E-state index contributed by atoms with van der Waals surface area (Å²) in [6.45, 7) is 10.3. The van der Waals surface area contributed by atoms with Gasteiger partial charge in [0.2, 0.25) is 5.91 Å². The van der Waals surface area contributed by atoms with Gasteiger partial charge in [-0.05, 0) is 43.7 Å². The van der Waals surface area contributed by atoms with Gasteiger partial charge in [-0.3, -0.25) is 19.1 Å². The van der Waals surface area contributed by atoms with Crippen LogP contribution in [0.1, 0.15) is 43.5 Å². The average molecular weight is 557 g/mol. The van der Waals surface area contributed by atoms with Crippen LogP contribution in [-0.2, 0) is 9.53 Å². The number of likely N-dealkylation sites (N-methyl/N-ethyl adjacent to an activating group) is 1. The predicted octanol–water partition coefficient (Wildman–Crippen LogP) is 1.72. The lowest BCUT2D eigenvalue weighted by Gasteiger charge is -2.44. The van der Waals surface area contributed by atoms with Crippen molar-refractivity contribution in [3.8, 4) is 0 Å². The number of piperazine rings is 1. The lowest BCUT2D eigenvalue weighted by Crippen LogP contribution is -2.60. The Kier molecular flexibility index (Phi) is 8.65. The number of nitrogens with one attached hydrogen (secondary N) is 1. The molecule has 11 heteroatoms. The highest BCUT2D eigenvalue weighted by atomic mass is 16.6. The van der Waals surface area contributed by atoms with Crippen LogP contribution < -0.4 is 10.2 Å². The molecular formula is C29H44N6O5. The second kappa shape index (κ2) is 12.0. The highest BCUT2D eigenvalue weighted by molar-refractivity contribution is 5.98. The molecule has 0 bridgehead atoms. The van der Waals surface area contributed by atoms with E-state index in [0.717, 1.165) is 31.9 Å². The number of carbonyl (C=O) groups is 3. The topological polar surface area (TPSA) is 108 Å². The van der Waals surface area contributed by atoms with E-state index in [1.165, 1.54) is 0 Å². The molecule has 4 unspecified atom stereocenters. The number of nitrogens with zero attached hydrogens (tertiary/aromatic N) is 5. The molecule has 4 amide bonds. The molecule has 5 rings (SSSR count). The summed E-state index contributed by atoms with van der Waals surface area (Å²) in [5.41, 5.74) is 1.61. The van der Waals surface area contributed by atoms with Crippen LogP contribution >= 0.6 is 0 Å². The number of rotatable bonds is 6. The molecular weight excluding hydrogens is 512 g/mol. The van der Waals surface area contributed by atoms with Crippen LogP contribution in [-0.4, -0.2) is 128 Å². The van der Waals surface area contributed by atoms with Crippen molar-refractivity contribution in [2.45, 2.75) is 51.2 Å². The van der Waals surface area contributed by atoms with Crippen LogP contribution in [0.25, 0.3) is 0 Å². The van der Waals surface area contributed by atoms with Crippen LogP contribution in [0.5, 0.6) is 0 Å². The van der Waals surface area contributed by atoms with Crippen molar-refractivity contribution in [3.05, 3.63) is 35.0 Å². The zero-order valence-electron chi connectivity index (χ0n) is 24.1.